The van der Waals surface area contributed by atoms with Crippen LogP contribution in [0.2, 0.25) is 0 Å². The SMILES string of the molecule is CC(Nc1ccc(N)c(C(F)(F)F)c1)c1nncn1C. The number of hydrogen-bond acceptors (Lipinski definition) is 4. The van der Waals surface area contributed by atoms with Crippen LogP contribution in [-0.2, 0) is 13.2 Å². The number of hydrogen-bond donors (Lipinski definition) is 2. The monoisotopic (exact) mass is 285 g/mol. The van der Waals surface area contributed by atoms with Crippen LogP contribution in [0, 0.1) is 0 Å². The van der Waals surface area contributed by atoms with Crippen molar-refractivity contribution in [3.63, 3.8) is 0 Å². The first kappa shape index (κ1) is 14.2. The zero-order valence-electron chi connectivity index (χ0n) is 10.9. The van der Waals surface area contributed by atoms with E-state index in [1.54, 1.807) is 18.5 Å². The molecule has 20 heavy (non-hydrogen) atoms. The number of aromatic nitrogens is 3. The number of nitrogens with zero attached hydrogens (tertiary/aromatic N) is 3. The van der Waals surface area contributed by atoms with Crippen molar-refractivity contribution in [1.29, 1.82) is 0 Å². The Labute approximate surface area is 113 Å². The summed E-state index contributed by atoms with van der Waals surface area (Å²) in [6, 6.07) is 3.43. The number of alkyl halides is 3. The van der Waals surface area contributed by atoms with Crippen molar-refractivity contribution in [2.45, 2.75) is 19.1 Å². The highest BCUT2D eigenvalue weighted by Gasteiger charge is 2.33. The Morgan fingerprint density at radius 1 is 1.35 bits per heavy atom. The molecule has 108 valence electrons. The molecule has 2 aromatic rings. The molecule has 1 atom stereocenters. The summed E-state index contributed by atoms with van der Waals surface area (Å²) < 4.78 is 40.0. The molecule has 1 heterocycles. The molecule has 0 radical (unpaired) electrons. The highest BCUT2D eigenvalue weighted by Crippen LogP contribution is 2.35. The second kappa shape index (κ2) is 5.03. The first-order valence-electron chi connectivity index (χ1n) is 5.86. The molecular formula is C12H14F3N5. The third kappa shape index (κ3) is 2.84. The van der Waals surface area contributed by atoms with E-state index in [4.69, 9.17) is 5.73 Å². The molecule has 0 bridgehead atoms. The lowest BCUT2D eigenvalue weighted by molar-refractivity contribution is -0.136. The predicted octanol–water partition coefficient (Wildman–Crippen LogP) is 2.59. The molecule has 1 aromatic heterocycles. The second-order valence-corrected chi connectivity index (χ2v) is 4.47. The highest BCUT2D eigenvalue weighted by atomic mass is 19.4. The van der Waals surface area contributed by atoms with E-state index in [9.17, 15) is 13.2 Å². The molecule has 0 saturated heterocycles. The number of nitrogens with two attached hydrogens (primary N) is 1. The molecule has 5 nitrogen and oxygen atoms in total. The summed E-state index contributed by atoms with van der Waals surface area (Å²) in [4.78, 5) is 0. The Hall–Kier alpha value is -2.25. The molecule has 0 fully saturated rings. The maximum absolute atomic E-state index is 12.8. The minimum Gasteiger partial charge on any atom is -0.398 e. The molecular weight excluding hydrogens is 271 g/mol. The number of rotatable bonds is 3. The molecule has 0 amide bonds. The quantitative estimate of drug-likeness (QED) is 0.850. The zero-order chi connectivity index (χ0) is 14.9. The van der Waals surface area contributed by atoms with Crippen LogP contribution < -0.4 is 11.1 Å². The average Bonchev–Trinajstić information content (AvgIpc) is 2.76. The van der Waals surface area contributed by atoms with Crippen LogP contribution in [0.5, 0.6) is 0 Å². The molecule has 3 N–H and O–H groups in total. The Balaban J connectivity index is 2.25. The van der Waals surface area contributed by atoms with Crippen LogP contribution in [0.3, 0.4) is 0 Å². The Bertz CT molecular complexity index is 605. The summed E-state index contributed by atoms with van der Waals surface area (Å²) >= 11 is 0. The van der Waals surface area contributed by atoms with E-state index in [0.29, 0.717) is 11.5 Å². The van der Waals surface area contributed by atoms with Gasteiger partial charge in [-0.3, -0.25) is 0 Å². The van der Waals surface area contributed by atoms with E-state index >= 15 is 0 Å². The van der Waals surface area contributed by atoms with E-state index in [1.807, 2.05) is 0 Å². The number of halogens is 3. The third-order valence-corrected chi connectivity index (χ3v) is 2.88. The minimum absolute atomic E-state index is 0.285. The van der Waals surface area contributed by atoms with Crippen molar-refractivity contribution in [2.75, 3.05) is 11.1 Å². The van der Waals surface area contributed by atoms with Gasteiger partial charge in [0.2, 0.25) is 0 Å². The van der Waals surface area contributed by atoms with Crippen molar-refractivity contribution in [3.05, 3.63) is 35.9 Å². The van der Waals surface area contributed by atoms with Crippen LogP contribution >= 0.6 is 0 Å². The predicted molar refractivity (Wildman–Crippen MR) is 68.9 cm³/mol. The Morgan fingerprint density at radius 3 is 2.60 bits per heavy atom. The van der Waals surface area contributed by atoms with Gasteiger partial charge in [0.1, 0.15) is 6.33 Å². The van der Waals surface area contributed by atoms with Crippen molar-refractivity contribution in [3.8, 4) is 0 Å². The van der Waals surface area contributed by atoms with E-state index in [-0.39, 0.29) is 11.7 Å². The Morgan fingerprint density at radius 2 is 2.05 bits per heavy atom. The number of nitrogens with one attached hydrogen (secondary N) is 1. The molecule has 1 aromatic carbocycles. The number of nitrogen functional groups attached to an aromatic ring is 1. The lowest BCUT2D eigenvalue weighted by Crippen LogP contribution is -2.14. The normalized spacial score (nSPS) is 13.2. The van der Waals surface area contributed by atoms with Crippen LogP contribution in [-0.4, -0.2) is 14.8 Å². The van der Waals surface area contributed by atoms with Crippen LogP contribution in [0.4, 0.5) is 24.5 Å². The topological polar surface area (TPSA) is 68.8 Å². The van der Waals surface area contributed by atoms with Gasteiger partial charge in [0.25, 0.3) is 0 Å². The zero-order valence-corrected chi connectivity index (χ0v) is 10.9. The molecule has 0 aliphatic carbocycles. The fraction of sp³-hybridized carbons (Fsp3) is 0.333. The van der Waals surface area contributed by atoms with Gasteiger partial charge in [-0.05, 0) is 25.1 Å². The summed E-state index contributed by atoms with van der Waals surface area (Å²) in [5.74, 6) is 0.621. The highest BCUT2D eigenvalue weighted by molar-refractivity contribution is 5.58. The van der Waals surface area contributed by atoms with E-state index < -0.39 is 11.7 Å². The van der Waals surface area contributed by atoms with Gasteiger partial charge in [-0.15, -0.1) is 10.2 Å². The van der Waals surface area contributed by atoms with E-state index in [2.05, 4.69) is 15.5 Å². The lowest BCUT2D eigenvalue weighted by atomic mass is 10.1. The second-order valence-electron chi connectivity index (χ2n) is 4.47. The average molecular weight is 285 g/mol. The molecule has 2 rings (SSSR count). The number of anilines is 2. The van der Waals surface area contributed by atoms with Crippen molar-refractivity contribution < 1.29 is 13.2 Å². The van der Waals surface area contributed by atoms with Gasteiger partial charge in [0, 0.05) is 18.4 Å². The molecule has 8 heteroatoms. The molecule has 0 spiro atoms. The van der Waals surface area contributed by atoms with Crippen LogP contribution in [0.25, 0.3) is 0 Å². The van der Waals surface area contributed by atoms with Gasteiger partial charge in [-0.25, -0.2) is 0 Å². The lowest BCUT2D eigenvalue weighted by Gasteiger charge is -2.17. The van der Waals surface area contributed by atoms with E-state index in [1.165, 1.54) is 18.5 Å². The summed E-state index contributed by atoms with van der Waals surface area (Å²) in [5.41, 5.74) is 4.52. The smallest absolute Gasteiger partial charge is 0.398 e. The first-order valence-corrected chi connectivity index (χ1v) is 5.86. The van der Waals surface area contributed by atoms with Gasteiger partial charge < -0.3 is 15.6 Å². The van der Waals surface area contributed by atoms with Crippen molar-refractivity contribution in [1.82, 2.24) is 14.8 Å². The summed E-state index contributed by atoms with van der Waals surface area (Å²) in [6.45, 7) is 1.79. The maximum Gasteiger partial charge on any atom is 0.418 e. The van der Waals surface area contributed by atoms with Gasteiger partial charge in [0.15, 0.2) is 5.82 Å². The maximum atomic E-state index is 12.8. The summed E-state index contributed by atoms with van der Waals surface area (Å²) in [5, 5.41) is 10.6. The largest absolute Gasteiger partial charge is 0.418 e. The summed E-state index contributed by atoms with van der Waals surface area (Å²) in [7, 11) is 1.76. The fourth-order valence-corrected chi connectivity index (χ4v) is 1.89. The van der Waals surface area contributed by atoms with Gasteiger partial charge in [-0.1, -0.05) is 0 Å². The minimum atomic E-state index is -4.48. The molecule has 0 saturated carbocycles. The van der Waals surface area contributed by atoms with E-state index in [0.717, 1.165) is 6.07 Å². The third-order valence-electron chi connectivity index (χ3n) is 2.88. The summed E-state index contributed by atoms with van der Waals surface area (Å²) in [6.07, 6.45) is -2.95. The Kier molecular flexibility index (Phi) is 3.56. The first-order chi connectivity index (χ1) is 9.29. The fourth-order valence-electron chi connectivity index (χ4n) is 1.89. The van der Waals surface area contributed by atoms with Gasteiger partial charge >= 0.3 is 6.18 Å². The molecule has 0 aliphatic heterocycles. The van der Waals surface area contributed by atoms with Crippen molar-refractivity contribution >= 4 is 11.4 Å². The number of aryl methyl sites for hydroxylation is 1. The van der Waals surface area contributed by atoms with Crippen LogP contribution in [0.1, 0.15) is 24.4 Å². The van der Waals surface area contributed by atoms with Gasteiger partial charge in [-0.2, -0.15) is 13.2 Å². The van der Waals surface area contributed by atoms with Gasteiger partial charge in [0.05, 0.1) is 11.6 Å². The van der Waals surface area contributed by atoms with Crippen molar-refractivity contribution in [2.24, 2.45) is 7.05 Å². The van der Waals surface area contributed by atoms with Crippen LogP contribution in [0.15, 0.2) is 24.5 Å². The standard InChI is InChI=1S/C12H14F3N5/c1-7(11-19-17-6-20(11)2)18-8-3-4-10(16)9(5-8)12(13,14)15/h3-7,18H,16H2,1-2H3. The molecule has 1 unspecified atom stereocenters. The number of benzene rings is 1. The molecule has 0 aliphatic rings.